The van der Waals surface area contributed by atoms with Gasteiger partial charge in [-0.3, -0.25) is 0 Å². The van der Waals surface area contributed by atoms with Crippen LogP contribution in [0.2, 0.25) is 0 Å². The first-order valence-corrected chi connectivity index (χ1v) is 4.51. The van der Waals surface area contributed by atoms with E-state index in [1.807, 2.05) is 0 Å². The van der Waals surface area contributed by atoms with Crippen LogP contribution in [0.25, 0.3) is 0 Å². The third-order valence-corrected chi connectivity index (χ3v) is 2.80. The number of carbonyl (C=O) groups excluding carboxylic acids is 1. The maximum Gasteiger partial charge on any atom is 0.131 e. The molecule has 1 atom stereocenters. The van der Waals surface area contributed by atoms with E-state index in [1.165, 1.54) is 13.2 Å². The lowest BCUT2D eigenvalue weighted by molar-refractivity contribution is 0.284. The highest BCUT2D eigenvalue weighted by molar-refractivity contribution is 6.44. The van der Waals surface area contributed by atoms with Gasteiger partial charge in [0, 0.05) is 0 Å². The quantitative estimate of drug-likeness (QED) is 0.519. The standard InChI is InChI=1S/C8H5Cl3O2/c1-13-6-2-5(9)7(10)4(3-12)8(6)11/h2,8H,1H3. The maximum absolute atomic E-state index is 10.5. The molecule has 0 aromatic rings. The zero-order chi connectivity index (χ0) is 10.0. The SMILES string of the molecule is COC1=CC(Cl)=C(Cl)C(=C=O)C1Cl. The van der Waals surface area contributed by atoms with Gasteiger partial charge in [0.05, 0.1) is 22.7 Å². The van der Waals surface area contributed by atoms with Crippen LogP contribution in [0, 0.1) is 0 Å². The van der Waals surface area contributed by atoms with Gasteiger partial charge in [-0.1, -0.05) is 23.2 Å². The summed E-state index contributed by atoms with van der Waals surface area (Å²) in [6.45, 7) is 0. The number of rotatable bonds is 1. The van der Waals surface area contributed by atoms with E-state index in [0.717, 1.165) is 0 Å². The predicted molar refractivity (Wildman–Crippen MR) is 52.7 cm³/mol. The molecule has 0 amide bonds. The summed E-state index contributed by atoms with van der Waals surface area (Å²) < 4.78 is 4.91. The van der Waals surface area contributed by atoms with Crippen molar-refractivity contribution in [3.05, 3.63) is 27.5 Å². The Morgan fingerprint density at radius 3 is 2.62 bits per heavy atom. The lowest BCUT2D eigenvalue weighted by Gasteiger charge is -2.18. The Morgan fingerprint density at radius 1 is 1.54 bits per heavy atom. The molecule has 0 aliphatic heterocycles. The van der Waals surface area contributed by atoms with Gasteiger partial charge in [-0.25, -0.2) is 4.79 Å². The Balaban J connectivity index is 3.23. The number of alkyl halides is 1. The van der Waals surface area contributed by atoms with Crippen molar-refractivity contribution in [2.45, 2.75) is 5.38 Å². The van der Waals surface area contributed by atoms with E-state index in [0.29, 0.717) is 5.76 Å². The molecular formula is C8H5Cl3O2. The fourth-order valence-corrected chi connectivity index (χ4v) is 1.68. The van der Waals surface area contributed by atoms with E-state index in [2.05, 4.69) is 0 Å². The fraction of sp³-hybridized carbons (Fsp3) is 0.250. The minimum Gasteiger partial charge on any atom is -0.499 e. The van der Waals surface area contributed by atoms with Gasteiger partial charge in [-0.15, -0.1) is 11.6 Å². The molecule has 2 nitrogen and oxygen atoms in total. The van der Waals surface area contributed by atoms with Crippen molar-refractivity contribution in [3.63, 3.8) is 0 Å². The molecule has 5 heteroatoms. The minimum atomic E-state index is -0.711. The number of hydrogen-bond donors (Lipinski definition) is 0. The summed E-state index contributed by atoms with van der Waals surface area (Å²) in [5, 5.41) is -0.358. The van der Waals surface area contributed by atoms with Crippen LogP contribution >= 0.6 is 34.8 Å². The highest BCUT2D eigenvalue weighted by Gasteiger charge is 2.27. The number of allylic oxidation sites excluding steroid dienone is 4. The van der Waals surface area contributed by atoms with Crippen molar-refractivity contribution in [1.29, 1.82) is 0 Å². The Labute approximate surface area is 90.4 Å². The largest absolute Gasteiger partial charge is 0.499 e. The van der Waals surface area contributed by atoms with Crippen molar-refractivity contribution in [1.82, 2.24) is 0 Å². The van der Waals surface area contributed by atoms with Gasteiger partial charge in [0.2, 0.25) is 0 Å². The number of halogens is 3. The van der Waals surface area contributed by atoms with Crippen LogP contribution in [0.15, 0.2) is 27.5 Å². The Bertz CT molecular complexity index is 337. The average Bonchev–Trinajstić information content (AvgIpc) is 2.12. The normalized spacial score (nSPS) is 22.6. The monoisotopic (exact) mass is 238 g/mol. The molecule has 0 aromatic carbocycles. The second-order valence-corrected chi connectivity index (χ2v) is 3.51. The van der Waals surface area contributed by atoms with Crippen LogP contribution in [0.3, 0.4) is 0 Å². The van der Waals surface area contributed by atoms with Gasteiger partial charge >= 0.3 is 0 Å². The summed E-state index contributed by atoms with van der Waals surface area (Å²) in [5.74, 6) is 2.02. The molecule has 0 radical (unpaired) electrons. The molecule has 0 N–H and O–H groups in total. The lowest BCUT2D eigenvalue weighted by atomic mass is 10.1. The van der Waals surface area contributed by atoms with Crippen molar-refractivity contribution >= 4 is 40.7 Å². The molecule has 0 aromatic heterocycles. The fourth-order valence-electron chi connectivity index (χ4n) is 0.903. The molecule has 0 heterocycles. The maximum atomic E-state index is 10.5. The van der Waals surface area contributed by atoms with Gasteiger partial charge in [0.1, 0.15) is 17.1 Å². The second kappa shape index (κ2) is 4.21. The van der Waals surface area contributed by atoms with Gasteiger partial charge in [-0.05, 0) is 6.08 Å². The summed E-state index contributed by atoms with van der Waals surface area (Å²) >= 11 is 17.3. The molecule has 1 aliphatic rings. The van der Waals surface area contributed by atoms with Crippen molar-refractivity contribution in [2.24, 2.45) is 0 Å². The van der Waals surface area contributed by atoms with E-state index in [9.17, 15) is 4.79 Å². The molecule has 1 aliphatic carbocycles. The smallest absolute Gasteiger partial charge is 0.131 e. The van der Waals surface area contributed by atoms with Gasteiger partial charge in [-0.2, -0.15) is 0 Å². The first-order chi connectivity index (χ1) is 6.11. The second-order valence-electron chi connectivity index (χ2n) is 2.29. The highest BCUT2D eigenvalue weighted by Crippen LogP contribution is 2.35. The average molecular weight is 239 g/mol. The zero-order valence-electron chi connectivity index (χ0n) is 6.61. The summed E-state index contributed by atoms with van der Waals surface area (Å²) in [6.07, 6.45) is 1.47. The van der Waals surface area contributed by atoms with Crippen molar-refractivity contribution in [3.8, 4) is 0 Å². The Kier molecular flexibility index (Phi) is 3.46. The van der Waals surface area contributed by atoms with Gasteiger partial charge in [0.15, 0.2) is 0 Å². The van der Waals surface area contributed by atoms with E-state index in [-0.39, 0.29) is 15.6 Å². The molecule has 0 spiro atoms. The molecule has 1 unspecified atom stereocenters. The number of hydrogen-bond acceptors (Lipinski definition) is 2. The van der Waals surface area contributed by atoms with Crippen LogP contribution in [0.4, 0.5) is 0 Å². The van der Waals surface area contributed by atoms with E-state index >= 15 is 0 Å². The Hall–Kier alpha value is -0.400. The molecular weight excluding hydrogens is 234 g/mol. The van der Waals surface area contributed by atoms with Crippen molar-refractivity contribution < 1.29 is 9.53 Å². The molecule has 0 fully saturated rings. The van der Waals surface area contributed by atoms with Crippen LogP contribution in [-0.2, 0) is 9.53 Å². The predicted octanol–water partition coefficient (Wildman–Crippen LogP) is 2.58. The first kappa shape index (κ1) is 10.7. The highest BCUT2D eigenvalue weighted by atomic mass is 35.5. The van der Waals surface area contributed by atoms with E-state index < -0.39 is 5.38 Å². The van der Waals surface area contributed by atoms with Crippen LogP contribution in [-0.4, -0.2) is 18.4 Å². The first-order valence-electron chi connectivity index (χ1n) is 3.32. The van der Waals surface area contributed by atoms with Crippen LogP contribution in [0.5, 0.6) is 0 Å². The van der Waals surface area contributed by atoms with Crippen molar-refractivity contribution in [2.75, 3.05) is 7.11 Å². The topological polar surface area (TPSA) is 26.3 Å². The third kappa shape index (κ3) is 1.92. The molecule has 13 heavy (non-hydrogen) atoms. The number of methoxy groups -OCH3 is 1. The molecule has 0 saturated carbocycles. The molecule has 70 valence electrons. The molecule has 0 saturated heterocycles. The summed E-state index contributed by atoms with van der Waals surface area (Å²) in [6, 6.07) is 0. The molecule has 0 bridgehead atoms. The van der Waals surface area contributed by atoms with E-state index in [4.69, 9.17) is 39.5 Å². The van der Waals surface area contributed by atoms with Crippen LogP contribution in [0.1, 0.15) is 0 Å². The number of ether oxygens (including phenoxy) is 1. The van der Waals surface area contributed by atoms with E-state index in [1.54, 1.807) is 5.94 Å². The third-order valence-electron chi connectivity index (χ3n) is 1.56. The Morgan fingerprint density at radius 2 is 2.15 bits per heavy atom. The lowest BCUT2D eigenvalue weighted by Crippen LogP contribution is -2.14. The zero-order valence-corrected chi connectivity index (χ0v) is 8.87. The summed E-state index contributed by atoms with van der Waals surface area (Å²) in [4.78, 5) is 10.5. The van der Waals surface area contributed by atoms with Crippen LogP contribution < -0.4 is 0 Å². The van der Waals surface area contributed by atoms with Gasteiger partial charge < -0.3 is 4.74 Å². The minimum absolute atomic E-state index is 0.104. The summed E-state index contributed by atoms with van der Waals surface area (Å²) in [5.41, 5.74) is 0.104. The summed E-state index contributed by atoms with van der Waals surface area (Å²) in [7, 11) is 1.44. The molecule has 1 rings (SSSR count). The van der Waals surface area contributed by atoms with Gasteiger partial charge in [0.25, 0.3) is 0 Å².